The van der Waals surface area contributed by atoms with E-state index in [1.54, 1.807) is 18.3 Å². The second kappa shape index (κ2) is 5.70. The minimum atomic E-state index is 0. The average Bonchev–Trinajstić information content (AvgIpc) is 2.28. The molecule has 2 aromatic rings. The first-order valence-electron chi connectivity index (χ1n) is 4.80. The zero-order valence-corrected chi connectivity index (χ0v) is 10.5. The van der Waals surface area contributed by atoms with Crippen molar-refractivity contribution in [3.8, 4) is 0 Å². The monoisotopic (exact) mass is 270 g/mol. The molecule has 2 aromatic heterocycles. The molecule has 4 nitrogen and oxygen atoms in total. The largest absolute Gasteiger partial charge is 1.00 e. The van der Waals surface area contributed by atoms with Gasteiger partial charge in [-0.05, 0) is 18.2 Å². The third kappa shape index (κ3) is 3.22. The van der Waals surface area contributed by atoms with Crippen LogP contribution >= 0.6 is 11.6 Å². The summed E-state index contributed by atoms with van der Waals surface area (Å²) >= 11 is 5.71. The molecule has 0 radical (unpaired) electrons. The summed E-state index contributed by atoms with van der Waals surface area (Å²) in [6.07, 6.45) is 3.60. The van der Waals surface area contributed by atoms with Gasteiger partial charge in [-0.3, -0.25) is 5.73 Å². The molecule has 4 N–H and O–H groups in total. The summed E-state index contributed by atoms with van der Waals surface area (Å²) in [7, 11) is 0. The Balaban J connectivity index is 0.00000144. The fraction of sp³-hybridized carbons (Fsp3) is 0.0909. The molecular formula is C11H12Cl2N4. The molecule has 0 aliphatic carbocycles. The predicted octanol–water partition coefficient (Wildman–Crippen LogP) is -1.76. The van der Waals surface area contributed by atoms with Crippen LogP contribution in [0.3, 0.4) is 0 Å². The highest BCUT2D eigenvalue weighted by molar-refractivity contribution is 6.29. The Morgan fingerprint density at radius 1 is 1.24 bits per heavy atom. The van der Waals surface area contributed by atoms with Gasteiger partial charge in [0, 0.05) is 11.8 Å². The highest BCUT2D eigenvalue weighted by Crippen LogP contribution is 2.09. The molecule has 0 spiro atoms. The Hall–Kier alpha value is -1.52. The molecule has 0 atom stereocenters. The van der Waals surface area contributed by atoms with Gasteiger partial charge in [0.1, 0.15) is 17.4 Å². The first-order chi connectivity index (χ1) is 7.66. The van der Waals surface area contributed by atoms with Crippen molar-refractivity contribution >= 4 is 23.1 Å². The van der Waals surface area contributed by atoms with Crippen molar-refractivity contribution < 1.29 is 17.0 Å². The maximum absolute atomic E-state index is 5.85. The SMILES string of the molecule is Nc1ccc[n+](Cc2ccc(Cl)nc2)c1N.[Cl-]. The number of halogens is 2. The lowest BCUT2D eigenvalue weighted by atomic mass is 10.2. The average molecular weight is 271 g/mol. The number of nitrogens with zero attached hydrogens (tertiary/aromatic N) is 2. The Morgan fingerprint density at radius 3 is 2.65 bits per heavy atom. The zero-order valence-electron chi connectivity index (χ0n) is 8.98. The van der Waals surface area contributed by atoms with Crippen LogP contribution in [0.1, 0.15) is 5.56 Å². The van der Waals surface area contributed by atoms with Crippen molar-refractivity contribution in [3.63, 3.8) is 0 Å². The quantitative estimate of drug-likeness (QED) is 0.502. The zero-order chi connectivity index (χ0) is 11.5. The Morgan fingerprint density at radius 2 is 2.00 bits per heavy atom. The summed E-state index contributed by atoms with van der Waals surface area (Å²) < 4.78 is 1.86. The first-order valence-corrected chi connectivity index (χ1v) is 5.18. The molecule has 90 valence electrons. The predicted molar refractivity (Wildman–Crippen MR) is 63.8 cm³/mol. The van der Waals surface area contributed by atoms with E-state index in [4.69, 9.17) is 23.1 Å². The van der Waals surface area contributed by atoms with Crippen molar-refractivity contribution in [1.29, 1.82) is 0 Å². The molecular weight excluding hydrogens is 259 g/mol. The van der Waals surface area contributed by atoms with E-state index in [0.717, 1.165) is 5.56 Å². The number of hydrogen-bond donors (Lipinski definition) is 2. The van der Waals surface area contributed by atoms with Crippen LogP contribution in [0.25, 0.3) is 0 Å². The lowest BCUT2D eigenvalue weighted by Gasteiger charge is -2.04. The standard InChI is InChI=1S/C11H11ClN4.ClH/c12-10-4-3-8(6-15-10)7-16-5-1-2-9(13)11(16)14;/h1-6,14H,7,13H2;1H. The van der Waals surface area contributed by atoms with E-state index in [1.165, 1.54) is 0 Å². The van der Waals surface area contributed by atoms with Gasteiger partial charge < -0.3 is 18.1 Å². The van der Waals surface area contributed by atoms with Gasteiger partial charge in [-0.25, -0.2) is 9.55 Å². The lowest BCUT2D eigenvalue weighted by molar-refractivity contribution is -0.673. The van der Waals surface area contributed by atoms with Crippen LogP contribution in [0.5, 0.6) is 0 Å². The van der Waals surface area contributed by atoms with Gasteiger partial charge in [-0.15, -0.1) is 0 Å². The summed E-state index contributed by atoms with van der Waals surface area (Å²) in [5.74, 6) is 0.553. The molecule has 0 aromatic carbocycles. The number of rotatable bonds is 2. The Bertz CT molecular complexity index is 499. The van der Waals surface area contributed by atoms with Crippen LogP contribution < -0.4 is 28.4 Å². The van der Waals surface area contributed by atoms with Crippen LogP contribution in [0, 0.1) is 0 Å². The van der Waals surface area contributed by atoms with E-state index in [-0.39, 0.29) is 12.4 Å². The Labute approximate surface area is 111 Å². The highest BCUT2D eigenvalue weighted by Gasteiger charge is 2.08. The van der Waals surface area contributed by atoms with E-state index in [0.29, 0.717) is 23.2 Å². The smallest absolute Gasteiger partial charge is 0.296 e. The minimum Gasteiger partial charge on any atom is -1.00 e. The van der Waals surface area contributed by atoms with Crippen molar-refractivity contribution in [2.45, 2.75) is 6.54 Å². The van der Waals surface area contributed by atoms with E-state index in [9.17, 15) is 0 Å². The van der Waals surface area contributed by atoms with Gasteiger partial charge in [0.2, 0.25) is 0 Å². The third-order valence-electron chi connectivity index (χ3n) is 2.29. The van der Waals surface area contributed by atoms with E-state index in [1.807, 2.05) is 22.9 Å². The molecule has 0 bridgehead atoms. The maximum atomic E-state index is 5.85. The molecule has 0 saturated heterocycles. The molecule has 0 aliphatic rings. The van der Waals surface area contributed by atoms with Crippen LogP contribution in [0.4, 0.5) is 11.5 Å². The van der Waals surface area contributed by atoms with E-state index >= 15 is 0 Å². The summed E-state index contributed by atoms with van der Waals surface area (Å²) in [6.45, 7) is 0.626. The molecule has 6 heteroatoms. The minimum absolute atomic E-state index is 0. The molecule has 2 heterocycles. The fourth-order valence-corrected chi connectivity index (χ4v) is 1.53. The molecule has 0 amide bonds. The van der Waals surface area contributed by atoms with Crippen LogP contribution in [0.2, 0.25) is 5.15 Å². The molecule has 0 saturated carbocycles. The van der Waals surface area contributed by atoms with Crippen molar-refractivity contribution in [1.82, 2.24) is 4.98 Å². The number of hydrogen-bond acceptors (Lipinski definition) is 3. The summed E-state index contributed by atoms with van der Waals surface area (Å²) in [5, 5.41) is 0.481. The van der Waals surface area contributed by atoms with Gasteiger partial charge >= 0.3 is 0 Å². The number of nitrogens with two attached hydrogens (primary N) is 2. The number of nitrogen functional groups attached to an aromatic ring is 2. The van der Waals surface area contributed by atoms with Gasteiger partial charge in [0.05, 0.1) is 6.20 Å². The first kappa shape index (κ1) is 13.5. The summed E-state index contributed by atoms with van der Waals surface area (Å²) in [6, 6.07) is 7.28. The molecule has 2 rings (SSSR count). The van der Waals surface area contributed by atoms with Crippen molar-refractivity contribution in [2.24, 2.45) is 0 Å². The van der Waals surface area contributed by atoms with Gasteiger partial charge in [0.25, 0.3) is 5.82 Å². The van der Waals surface area contributed by atoms with Crippen molar-refractivity contribution in [2.75, 3.05) is 11.5 Å². The Kier molecular flexibility index (Phi) is 4.54. The van der Waals surface area contributed by atoms with Crippen LogP contribution in [-0.4, -0.2) is 4.98 Å². The van der Waals surface area contributed by atoms with Gasteiger partial charge in [-0.1, -0.05) is 17.7 Å². The second-order valence-electron chi connectivity index (χ2n) is 3.47. The molecule has 17 heavy (non-hydrogen) atoms. The van der Waals surface area contributed by atoms with Crippen LogP contribution in [0.15, 0.2) is 36.7 Å². The molecule has 0 aliphatic heterocycles. The van der Waals surface area contributed by atoms with Gasteiger partial charge in [-0.2, -0.15) is 0 Å². The number of pyridine rings is 2. The summed E-state index contributed by atoms with van der Waals surface area (Å²) in [4.78, 5) is 4.01. The van der Waals surface area contributed by atoms with Gasteiger partial charge in [0.15, 0.2) is 0 Å². The van der Waals surface area contributed by atoms with E-state index in [2.05, 4.69) is 4.98 Å². The molecule has 0 fully saturated rings. The summed E-state index contributed by atoms with van der Waals surface area (Å²) in [5.41, 5.74) is 13.2. The van der Waals surface area contributed by atoms with E-state index < -0.39 is 0 Å². The fourth-order valence-electron chi connectivity index (χ4n) is 1.42. The normalized spacial score (nSPS) is 9.71. The topological polar surface area (TPSA) is 68.8 Å². The second-order valence-corrected chi connectivity index (χ2v) is 3.85. The lowest BCUT2D eigenvalue weighted by Crippen LogP contribution is -3.00. The highest BCUT2D eigenvalue weighted by atomic mass is 35.5. The number of aromatic nitrogens is 2. The van der Waals surface area contributed by atoms with Crippen molar-refractivity contribution in [3.05, 3.63) is 47.4 Å². The molecule has 0 unspecified atom stereocenters. The maximum Gasteiger partial charge on any atom is 0.296 e. The number of anilines is 2. The third-order valence-corrected chi connectivity index (χ3v) is 2.51. The van der Waals surface area contributed by atoms with Crippen LogP contribution in [-0.2, 0) is 6.54 Å².